The van der Waals surface area contributed by atoms with E-state index in [2.05, 4.69) is 10.6 Å². The predicted octanol–water partition coefficient (Wildman–Crippen LogP) is 2.86. The number of benzene rings is 1. The highest BCUT2D eigenvalue weighted by atomic mass is 16.6. The number of ether oxygens (including phenoxy) is 2. The van der Waals surface area contributed by atoms with Gasteiger partial charge in [0.05, 0.1) is 0 Å². The van der Waals surface area contributed by atoms with E-state index in [0.717, 1.165) is 0 Å². The largest absolute Gasteiger partial charge is 0.444 e. The Kier molecular flexibility index (Phi) is 7.23. The molecule has 2 amide bonds. The SMILES string of the molecule is CC(=O)Nc1ccc(OC(=O)CCCNC(=O)OC(C)(C)C)cc1. The van der Waals surface area contributed by atoms with Crippen LogP contribution in [0.4, 0.5) is 10.5 Å². The van der Waals surface area contributed by atoms with Crippen molar-refractivity contribution in [2.75, 3.05) is 11.9 Å². The summed E-state index contributed by atoms with van der Waals surface area (Å²) in [6.07, 6.45) is 0.107. The van der Waals surface area contributed by atoms with Gasteiger partial charge < -0.3 is 20.1 Å². The third-order valence-electron chi connectivity index (χ3n) is 2.63. The van der Waals surface area contributed by atoms with Crippen molar-refractivity contribution in [3.8, 4) is 5.75 Å². The minimum atomic E-state index is -0.549. The highest BCUT2D eigenvalue weighted by molar-refractivity contribution is 5.88. The number of anilines is 1. The second-order valence-corrected chi connectivity index (χ2v) is 6.21. The van der Waals surface area contributed by atoms with E-state index in [-0.39, 0.29) is 12.3 Å². The Balaban J connectivity index is 2.27. The Morgan fingerprint density at radius 1 is 1.08 bits per heavy atom. The molecule has 2 N–H and O–H groups in total. The highest BCUT2D eigenvalue weighted by Gasteiger charge is 2.15. The van der Waals surface area contributed by atoms with Crippen molar-refractivity contribution < 1.29 is 23.9 Å². The van der Waals surface area contributed by atoms with E-state index >= 15 is 0 Å². The van der Waals surface area contributed by atoms with Crippen LogP contribution in [0.1, 0.15) is 40.5 Å². The van der Waals surface area contributed by atoms with Crippen molar-refractivity contribution >= 4 is 23.7 Å². The van der Waals surface area contributed by atoms with E-state index in [1.54, 1.807) is 45.0 Å². The first-order valence-corrected chi connectivity index (χ1v) is 7.71. The van der Waals surface area contributed by atoms with Crippen molar-refractivity contribution in [2.24, 2.45) is 0 Å². The maximum absolute atomic E-state index is 11.7. The summed E-state index contributed by atoms with van der Waals surface area (Å²) in [6.45, 7) is 7.08. The minimum Gasteiger partial charge on any atom is -0.444 e. The lowest BCUT2D eigenvalue weighted by atomic mass is 10.2. The van der Waals surface area contributed by atoms with Crippen LogP contribution in [0.5, 0.6) is 5.75 Å². The smallest absolute Gasteiger partial charge is 0.407 e. The maximum Gasteiger partial charge on any atom is 0.407 e. The van der Waals surface area contributed by atoms with Crippen molar-refractivity contribution in [3.05, 3.63) is 24.3 Å². The van der Waals surface area contributed by atoms with Gasteiger partial charge in [-0.3, -0.25) is 9.59 Å². The molecule has 0 aromatic heterocycles. The summed E-state index contributed by atoms with van der Waals surface area (Å²) in [5.74, 6) is -0.167. The normalized spacial score (nSPS) is 10.7. The molecular weight excluding hydrogens is 312 g/mol. The van der Waals surface area contributed by atoms with Crippen LogP contribution in [-0.2, 0) is 14.3 Å². The molecule has 0 spiro atoms. The Hall–Kier alpha value is -2.57. The number of hydrogen-bond acceptors (Lipinski definition) is 5. The van der Waals surface area contributed by atoms with Crippen LogP contribution in [0.2, 0.25) is 0 Å². The standard InChI is InChI=1S/C17H24N2O5/c1-12(20)19-13-7-9-14(10-8-13)23-15(21)6-5-11-18-16(22)24-17(2,3)4/h7-10H,5-6,11H2,1-4H3,(H,18,22)(H,19,20). The van der Waals surface area contributed by atoms with E-state index in [1.165, 1.54) is 6.92 Å². The van der Waals surface area contributed by atoms with E-state index in [4.69, 9.17) is 9.47 Å². The topological polar surface area (TPSA) is 93.7 Å². The molecule has 0 saturated carbocycles. The number of amides is 2. The molecule has 0 atom stereocenters. The average Bonchev–Trinajstić information content (AvgIpc) is 2.43. The summed E-state index contributed by atoms with van der Waals surface area (Å²) >= 11 is 0. The number of esters is 1. The molecule has 0 radical (unpaired) electrons. The second kappa shape index (κ2) is 8.90. The zero-order chi connectivity index (χ0) is 18.2. The molecule has 132 valence electrons. The van der Waals surface area contributed by atoms with Gasteiger partial charge in [0, 0.05) is 25.6 Å². The number of nitrogens with one attached hydrogen (secondary N) is 2. The van der Waals surface area contributed by atoms with Crippen molar-refractivity contribution in [2.45, 2.75) is 46.1 Å². The Labute approximate surface area is 141 Å². The molecule has 0 saturated heterocycles. The molecule has 0 aliphatic rings. The minimum absolute atomic E-state index is 0.169. The molecule has 0 heterocycles. The molecule has 0 bridgehead atoms. The first-order valence-electron chi connectivity index (χ1n) is 7.71. The van der Waals surface area contributed by atoms with Crippen LogP contribution in [-0.4, -0.2) is 30.1 Å². The number of carbonyl (C=O) groups is 3. The molecule has 7 heteroatoms. The molecular formula is C17H24N2O5. The van der Waals surface area contributed by atoms with Crippen LogP contribution >= 0.6 is 0 Å². The van der Waals surface area contributed by atoms with E-state index in [1.807, 2.05) is 0 Å². The molecule has 1 aromatic rings. The Morgan fingerprint density at radius 3 is 2.25 bits per heavy atom. The molecule has 1 rings (SSSR count). The van der Waals surface area contributed by atoms with Gasteiger partial charge in [0.25, 0.3) is 0 Å². The van der Waals surface area contributed by atoms with Crippen LogP contribution in [0.15, 0.2) is 24.3 Å². The number of hydrogen-bond donors (Lipinski definition) is 2. The van der Waals surface area contributed by atoms with Gasteiger partial charge in [-0.1, -0.05) is 0 Å². The summed E-state index contributed by atoms with van der Waals surface area (Å²) in [6, 6.07) is 6.49. The molecule has 1 aromatic carbocycles. The molecule has 0 aliphatic carbocycles. The monoisotopic (exact) mass is 336 g/mol. The van der Waals surface area contributed by atoms with Gasteiger partial charge in [-0.25, -0.2) is 4.79 Å². The summed E-state index contributed by atoms with van der Waals surface area (Å²) in [7, 11) is 0. The average molecular weight is 336 g/mol. The summed E-state index contributed by atoms with van der Waals surface area (Å²) < 4.78 is 10.2. The summed E-state index contributed by atoms with van der Waals surface area (Å²) in [5.41, 5.74) is 0.0794. The van der Waals surface area contributed by atoms with E-state index in [9.17, 15) is 14.4 Å². The first-order chi connectivity index (χ1) is 11.2. The summed E-state index contributed by atoms with van der Waals surface area (Å²) in [5, 5.41) is 5.20. The van der Waals surface area contributed by atoms with Gasteiger partial charge in [0.1, 0.15) is 11.4 Å². The molecule has 7 nitrogen and oxygen atoms in total. The van der Waals surface area contributed by atoms with Crippen LogP contribution in [0.3, 0.4) is 0 Å². The highest BCUT2D eigenvalue weighted by Crippen LogP contribution is 2.16. The van der Waals surface area contributed by atoms with Gasteiger partial charge in [-0.15, -0.1) is 0 Å². The van der Waals surface area contributed by atoms with Gasteiger partial charge in [0.2, 0.25) is 5.91 Å². The van der Waals surface area contributed by atoms with Crippen molar-refractivity contribution in [1.82, 2.24) is 5.32 Å². The first kappa shape index (κ1) is 19.5. The van der Waals surface area contributed by atoms with Crippen molar-refractivity contribution in [3.63, 3.8) is 0 Å². The van der Waals surface area contributed by atoms with Crippen LogP contribution < -0.4 is 15.4 Å². The number of carbonyl (C=O) groups excluding carboxylic acids is 3. The fourth-order valence-electron chi connectivity index (χ4n) is 1.73. The number of rotatable bonds is 6. The second-order valence-electron chi connectivity index (χ2n) is 6.21. The lowest BCUT2D eigenvalue weighted by Gasteiger charge is -2.19. The van der Waals surface area contributed by atoms with Gasteiger partial charge in [-0.05, 0) is 51.5 Å². The maximum atomic E-state index is 11.7. The lowest BCUT2D eigenvalue weighted by Crippen LogP contribution is -2.33. The third-order valence-corrected chi connectivity index (χ3v) is 2.63. The Morgan fingerprint density at radius 2 is 1.71 bits per heavy atom. The zero-order valence-electron chi connectivity index (χ0n) is 14.5. The van der Waals surface area contributed by atoms with Crippen LogP contribution in [0.25, 0.3) is 0 Å². The Bertz CT molecular complexity index is 576. The lowest BCUT2D eigenvalue weighted by molar-refractivity contribution is -0.134. The van der Waals surface area contributed by atoms with E-state index < -0.39 is 17.7 Å². The third kappa shape index (κ3) is 8.77. The summed E-state index contributed by atoms with van der Waals surface area (Å²) in [4.78, 5) is 34.0. The fraction of sp³-hybridized carbons (Fsp3) is 0.471. The number of alkyl carbamates (subject to hydrolysis) is 1. The van der Waals surface area contributed by atoms with Gasteiger partial charge in [0.15, 0.2) is 0 Å². The molecule has 24 heavy (non-hydrogen) atoms. The zero-order valence-corrected chi connectivity index (χ0v) is 14.5. The predicted molar refractivity (Wildman–Crippen MR) is 89.9 cm³/mol. The van der Waals surface area contributed by atoms with Gasteiger partial charge >= 0.3 is 12.1 Å². The van der Waals surface area contributed by atoms with Gasteiger partial charge in [-0.2, -0.15) is 0 Å². The van der Waals surface area contributed by atoms with Crippen LogP contribution in [0, 0.1) is 0 Å². The fourth-order valence-corrected chi connectivity index (χ4v) is 1.73. The quantitative estimate of drug-likeness (QED) is 0.473. The molecule has 0 aliphatic heterocycles. The molecule has 0 unspecified atom stereocenters. The van der Waals surface area contributed by atoms with Crippen molar-refractivity contribution in [1.29, 1.82) is 0 Å². The molecule has 0 fully saturated rings. The van der Waals surface area contributed by atoms with E-state index in [0.29, 0.717) is 24.4 Å².